The van der Waals surface area contributed by atoms with Crippen molar-refractivity contribution in [3.8, 4) is 5.82 Å². The number of pyridine rings is 2. The van der Waals surface area contributed by atoms with Crippen LogP contribution in [0.4, 0.5) is 0 Å². The number of furan rings is 1. The van der Waals surface area contributed by atoms with Crippen LogP contribution in [-0.4, -0.2) is 24.5 Å². The predicted molar refractivity (Wildman–Crippen MR) is 127 cm³/mol. The maximum atomic E-state index is 5.79. The SMILES string of the molecule is Cc1cccnc1-n1c(C)cc(C2C(c3ccccn3)NC(=S)N2Cc2ccco2)c1C. The van der Waals surface area contributed by atoms with Gasteiger partial charge in [0.1, 0.15) is 11.6 Å². The van der Waals surface area contributed by atoms with Crippen molar-refractivity contribution < 1.29 is 4.42 Å². The van der Waals surface area contributed by atoms with Crippen LogP contribution >= 0.6 is 12.2 Å². The smallest absolute Gasteiger partial charge is 0.170 e. The molecule has 1 aliphatic rings. The normalized spacial score (nSPS) is 18.2. The summed E-state index contributed by atoms with van der Waals surface area (Å²) >= 11 is 5.79. The molecule has 7 heteroatoms. The molecule has 2 atom stereocenters. The van der Waals surface area contributed by atoms with Crippen LogP contribution in [-0.2, 0) is 6.54 Å². The van der Waals surface area contributed by atoms with Crippen molar-refractivity contribution in [2.24, 2.45) is 0 Å². The van der Waals surface area contributed by atoms with Gasteiger partial charge in [-0.05, 0) is 80.5 Å². The van der Waals surface area contributed by atoms with Gasteiger partial charge in [-0.25, -0.2) is 4.98 Å². The van der Waals surface area contributed by atoms with Crippen LogP contribution in [0.5, 0.6) is 0 Å². The zero-order valence-electron chi connectivity index (χ0n) is 18.3. The largest absolute Gasteiger partial charge is 0.467 e. The van der Waals surface area contributed by atoms with Crippen molar-refractivity contribution in [2.45, 2.75) is 39.4 Å². The van der Waals surface area contributed by atoms with Gasteiger partial charge in [0.2, 0.25) is 0 Å². The highest BCUT2D eigenvalue weighted by Crippen LogP contribution is 2.42. The molecule has 1 N–H and O–H groups in total. The minimum atomic E-state index is -0.0718. The van der Waals surface area contributed by atoms with Crippen molar-refractivity contribution in [1.29, 1.82) is 0 Å². The van der Waals surface area contributed by atoms with Crippen LogP contribution in [0.15, 0.2) is 71.6 Å². The summed E-state index contributed by atoms with van der Waals surface area (Å²) in [5.41, 5.74) is 5.57. The second-order valence-electron chi connectivity index (χ2n) is 8.14. The number of aromatic nitrogens is 3. The molecule has 6 nitrogen and oxygen atoms in total. The maximum Gasteiger partial charge on any atom is 0.170 e. The molecular formula is C25H25N5OS. The lowest BCUT2D eigenvalue weighted by molar-refractivity contribution is 0.286. The summed E-state index contributed by atoms with van der Waals surface area (Å²) in [5, 5.41) is 4.21. The van der Waals surface area contributed by atoms with Crippen molar-refractivity contribution >= 4 is 17.3 Å². The van der Waals surface area contributed by atoms with E-state index in [9.17, 15) is 0 Å². The minimum absolute atomic E-state index is 0.0357. The molecule has 1 saturated heterocycles. The second-order valence-corrected chi connectivity index (χ2v) is 8.53. The number of hydrogen-bond donors (Lipinski definition) is 1. The quantitative estimate of drug-likeness (QED) is 0.440. The van der Waals surface area contributed by atoms with Gasteiger partial charge in [-0.15, -0.1) is 0 Å². The third-order valence-electron chi connectivity index (χ3n) is 6.09. The van der Waals surface area contributed by atoms with E-state index in [0.717, 1.165) is 34.2 Å². The molecule has 0 aliphatic carbocycles. The summed E-state index contributed by atoms with van der Waals surface area (Å²) in [7, 11) is 0. The van der Waals surface area contributed by atoms with Gasteiger partial charge >= 0.3 is 0 Å². The van der Waals surface area contributed by atoms with Crippen LogP contribution in [0, 0.1) is 20.8 Å². The Morgan fingerprint density at radius 2 is 1.88 bits per heavy atom. The van der Waals surface area contributed by atoms with Crippen molar-refractivity contribution in [1.82, 2.24) is 24.8 Å². The third kappa shape index (κ3) is 3.48. The molecule has 32 heavy (non-hydrogen) atoms. The molecule has 0 amide bonds. The van der Waals surface area contributed by atoms with E-state index in [4.69, 9.17) is 16.6 Å². The summed E-state index contributed by atoms with van der Waals surface area (Å²) in [6.07, 6.45) is 5.36. The number of thiocarbonyl (C=S) groups is 1. The van der Waals surface area contributed by atoms with Gasteiger partial charge in [0.05, 0.1) is 30.6 Å². The molecule has 1 aliphatic heterocycles. The van der Waals surface area contributed by atoms with Crippen molar-refractivity contribution in [3.05, 3.63) is 101 Å². The number of nitrogens with zero attached hydrogens (tertiary/aromatic N) is 4. The first-order valence-electron chi connectivity index (χ1n) is 10.7. The molecule has 0 radical (unpaired) electrons. The summed E-state index contributed by atoms with van der Waals surface area (Å²) in [6.45, 7) is 6.95. The lowest BCUT2D eigenvalue weighted by Crippen LogP contribution is -2.29. The number of rotatable bonds is 5. The Bertz CT molecular complexity index is 1250. The maximum absolute atomic E-state index is 5.79. The molecule has 5 rings (SSSR count). The Morgan fingerprint density at radius 1 is 1.03 bits per heavy atom. The Labute approximate surface area is 192 Å². The average molecular weight is 444 g/mol. The molecular weight excluding hydrogens is 418 g/mol. The third-order valence-corrected chi connectivity index (χ3v) is 6.44. The molecule has 0 spiro atoms. The highest BCUT2D eigenvalue weighted by Gasteiger charge is 2.41. The Balaban J connectivity index is 1.64. The zero-order chi connectivity index (χ0) is 22.2. The Morgan fingerprint density at radius 3 is 2.59 bits per heavy atom. The molecule has 1 fully saturated rings. The van der Waals surface area contributed by atoms with Crippen LogP contribution in [0.3, 0.4) is 0 Å². The van der Waals surface area contributed by atoms with Crippen molar-refractivity contribution in [2.75, 3.05) is 0 Å². The first kappa shape index (κ1) is 20.5. The van der Waals surface area contributed by atoms with E-state index in [-0.39, 0.29) is 12.1 Å². The fourth-order valence-corrected chi connectivity index (χ4v) is 4.91. The fraction of sp³-hybridized carbons (Fsp3) is 0.240. The van der Waals surface area contributed by atoms with Crippen LogP contribution in [0.25, 0.3) is 5.82 Å². The lowest BCUT2D eigenvalue weighted by atomic mass is 9.96. The Hall–Kier alpha value is -3.45. The van der Waals surface area contributed by atoms with Crippen LogP contribution < -0.4 is 5.32 Å². The number of hydrogen-bond acceptors (Lipinski definition) is 4. The highest BCUT2D eigenvalue weighted by atomic mass is 32.1. The molecule has 4 aromatic heterocycles. The zero-order valence-corrected chi connectivity index (χ0v) is 19.1. The number of aryl methyl sites for hydroxylation is 2. The second kappa shape index (κ2) is 8.24. The standard InChI is InChI=1S/C25H25N5OS/c1-16-8-6-12-27-24(16)30-17(2)14-20(18(30)3)23-22(21-10-4-5-11-26-21)28-25(32)29(23)15-19-9-7-13-31-19/h4-14,22-23H,15H2,1-3H3,(H,28,32). The molecule has 0 aromatic carbocycles. The monoisotopic (exact) mass is 443 g/mol. The van der Waals surface area contributed by atoms with E-state index in [2.05, 4.69) is 57.7 Å². The van der Waals surface area contributed by atoms with Gasteiger partial charge in [0, 0.05) is 23.8 Å². The summed E-state index contributed by atoms with van der Waals surface area (Å²) in [4.78, 5) is 11.5. The summed E-state index contributed by atoms with van der Waals surface area (Å²) in [6, 6.07) is 16.1. The van der Waals surface area contributed by atoms with E-state index in [0.29, 0.717) is 11.7 Å². The van der Waals surface area contributed by atoms with E-state index in [1.54, 1.807) is 6.26 Å². The first-order valence-corrected chi connectivity index (χ1v) is 11.1. The topological polar surface area (TPSA) is 59.1 Å². The van der Waals surface area contributed by atoms with Gasteiger partial charge in [-0.2, -0.15) is 0 Å². The molecule has 0 saturated carbocycles. The molecule has 4 aromatic rings. The lowest BCUT2D eigenvalue weighted by Gasteiger charge is -2.27. The van der Waals surface area contributed by atoms with Crippen molar-refractivity contribution in [3.63, 3.8) is 0 Å². The summed E-state index contributed by atoms with van der Waals surface area (Å²) in [5.74, 6) is 1.82. The minimum Gasteiger partial charge on any atom is -0.467 e. The van der Waals surface area contributed by atoms with Crippen LogP contribution in [0.1, 0.15) is 46.1 Å². The van der Waals surface area contributed by atoms with Gasteiger partial charge in [0.15, 0.2) is 5.11 Å². The van der Waals surface area contributed by atoms with E-state index in [1.807, 2.05) is 48.8 Å². The Kier molecular flexibility index (Phi) is 5.27. The van der Waals surface area contributed by atoms with Gasteiger partial charge in [-0.1, -0.05) is 12.1 Å². The van der Waals surface area contributed by atoms with E-state index < -0.39 is 0 Å². The molecule has 162 valence electrons. The number of nitrogens with one attached hydrogen (secondary N) is 1. The predicted octanol–water partition coefficient (Wildman–Crippen LogP) is 4.96. The van der Waals surface area contributed by atoms with E-state index in [1.165, 1.54) is 5.56 Å². The first-order chi connectivity index (χ1) is 15.5. The van der Waals surface area contributed by atoms with Gasteiger partial charge in [0.25, 0.3) is 0 Å². The van der Waals surface area contributed by atoms with Gasteiger partial charge < -0.3 is 19.2 Å². The molecule has 5 heterocycles. The highest BCUT2D eigenvalue weighted by molar-refractivity contribution is 7.80. The fourth-order valence-electron chi connectivity index (χ4n) is 4.61. The summed E-state index contributed by atoms with van der Waals surface area (Å²) < 4.78 is 7.88. The molecule has 2 unspecified atom stereocenters. The van der Waals surface area contributed by atoms with E-state index >= 15 is 0 Å². The van der Waals surface area contributed by atoms with Gasteiger partial charge in [-0.3, -0.25) is 4.98 Å². The molecule has 0 bridgehead atoms. The van der Waals surface area contributed by atoms with Crippen LogP contribution in [0.2, 0.25) is 0 Å². The average Bonchev–Trinajstić information content (AvgIpc) is 3.49.